The van der Waals surface area contributed by atoms with Crippen LogP contribution in [0.4, 0.5) is 40.7 Å². The molecule has 1 aromatic heterocycles. The minimum absolute atomic E-state index is 0.0229. The number of sulfonamides is 1. The fourth-order valence-corrected chi connectivity index (χ4v) is 5.21. The first-order valence-corrected chi connectivity index (χ1v) is 15.4. The number of benzene rings is 2. The fourth-order valence-electron chi connectivity index (χ4n) is 4.69. The number of halogens is 4. The van der Waals surface area contributed by atoms with Gasteiger partial charge in [0.05, 0.1) is 37.4 Å². The summed E-state index contributed by atoms with van der Waals surface area (Å²) in [5.74, 6) is -2.12. The number of aromatic nitrogens is 2. The Morgan fingerprint density at radius 1 is 1.18 bits per heavy atom. The van der Waals surface area contributed by atoms with Gasteiger partial charge in [-0.05, 0) is 37.7 Å². The van der Waals surface area contributed by atoms with E-state index in [0.717, 1.165) is 29.6 Å². The molecule has 1 amide bonds. The number of carbonyl (C=O) groups is 1. The summed E-state index contributed by atoms with van der Waals surface area (Å²) in [6.45, 7) is 1.15. The van der Waals surface area contributed by atoms with Crippen molar-refractivity contribution in [3.05, 3.63) is 59.0 Å². The molecule has 17 heteroatoms. The second kappa shape index (κ2) is 13.3. The van der Waals surface area contributed by atoms with E-state index in [4.69, 9.17) is 9.47 Å². The molecule has 0 bridgehead atoms. The first-order chi connectivity index (χ1) is 21.1. The zero-order valence-corrected chi connectivity index (χ0v) is 25.9. The monoisotopic (exact) mass is 655 g/mol. The van der Waals surface area contributed by atoms with Crippen molar-refractivity contribution in [2.45, 2.75) is 25.2 Å². The van der Waals surface area contributed by atoms with E-state index in [9.17, 15) is 26.4 Å². The third kappa shape index (κ3) is 8.02. The molecule has 1 aliphatic heterocycles. The molecule has 1 atom stereocenters. The Labute approximate surface area is 257 Å². The number of ether oxygens (including phenoxy) is 2. The fraction of sp³-hybridized carbons (Fsp3) is 0.393. The van der Waals surface area contributed by atoms with Crippen LogP contribution in [0.5, 0.6) is 11.5 Å². The predicted molar refractivity (Wildman–Crippen MR) is 160 cm³/mol. The van der Waals surface area contributed by atoms with E-state index >= 15 is 4.39 Å². The van der Waals surface area contributed by atoms with Crippen LogP contribution in [0.25, 0.3) is 0 Å². The molecule has 12 nitrogen and oxygen atoms in total. The van der Waals surface area contributed by atoms with Crippen molar-refractivity contribution < 1.29 is 40.2 Å². The van der Waals surface area contributed by atoms with Crippen LogP contribution < -0.4 is 29.7 Å². The molecule has 2 heterocycles. The lowest BCUT2D eigenvalue weighted by molar-refractivity contribution is -0.137. The number of nitrogens with zero attached hydrogens (tertiary/aromatic N) is 4. The Bertz CT molecular complexity index is 1670. The number of carbonyl (C=O) groups excluding carboxylic acids is 1. The Kier molecular flexibility index (Phi) is 9.92. The van der Waals surface area contributed by atoms with Gasteiger partial charge in [-0.15, -0.1) is 0 Å². The lowest BCUT2D eigenvalue weighted by atomic mass is 10.1. The number of methoxy groups -OCH3 is 2. The molecular weight excluding hydrogens is 622 g/mol. The van der Waals surface area contributed by atoms with Crippen molar-refractivity contribution in [1.82, 2.24) is 20.2 Å². The van der Waals surface area contributed by atoms with E-state index in [0.29, 0.717) is 24.1 Å². The highest BCUT2D eigenvalue weighted by Gasteiger charge is 2.35. The van der Waals surface area contributed by atoms with Crippen molar-refractivity contribution in [1.29, 1.82) is 0 Å². The minimum Gasteiger partial charge on any atom is -0.497 e. The average molecular weight is 656 g/mol. The molecule has 0 radical (unpaired) electrons. The van der Waals surface area contributed by atoms with Crippen LogP contribution in [-0.4, -0.2) is 82.9 Å². The zero-order chi connectivity index (χ0) is 33.1. The lowest BCUT2D eigenvalue weighted by Crippen LogP contribution is -2.36. The van der Waals surface area contributed by atoms with Gasteiger partial charge in [0, 0.05) is 44.5 Å². The molecule has 3 N–H and O–H groups in total. The molecule has 0 saturated carbocycles. The van der Waals surface area contributed by atoms with E-state index in [1.807, 2.05) is 11.9 Å². The van der Waals surface area contributed by atoms with Gasteiger partial charge in [-0.2, -0.15) is 18.2 Å². The van der Waals surface area contributed by atoms with Crippen LogP contribution >= 0.6 is 0 Å². The molecule has 1 aliphatic rings. The minimum atomic E-state index is -4.85. The summed E-state index contributed by atoms with van der Waals surface area (Å²) >= 11 is 0. The highest BCUT2D eigenvalue weighted by atomic mass is 32.2. The summed E-state index contributed by atoms with van der Waals surface area (Å²) in [4.78, 5) is 22.5. The summed E-state index contributed by atoms with van der Waals surface area (Å²) in [7, 11) is 2.17. The van der Waals surface area contributed by atoms with Crippen LogP contribution in [0.1, 0.15) is 27.9 Å². The number of rotatable bonds is 11. The third-order valence-electron chi connectivity index (χ3n) is 7.18. The molecule has 3 aromatic rings. The summed E-state index contributed by atoms with van der Waals surface area (Å²) in [5, 5.41) is 8.06. The predicted octanol–water partition coefficient (Wildman–Crippen LogP) is 3.84. The molecule has 0 aliphatic carbocycles. The Morgan fingerprint density at radius 2 is 1.91 bits per heavy atom. The molecule has 45 heavy (non-hydrogen) atoms. The summed E-state index contributed by atoms with van der Waals surface area (Å²) in [6, 6.07) is 6.48. The first kappa shape index (κ1) is 33.5. The number of amides is 1. The van der Waals surface area contributed by atoms with Crippen LogP contribution in [0, 0.1) is 5.82 Å². The third-order valence-corrected chi connectivity index (χ3v) is 8.37. The Morgan fingerprint density at radius 3 is 2.51 bits per heavy atom. The number of likely N-dealkylation sites (tertiary alicyclic amines) is 1. The molecule has 2 aromatic carbocycles. The van der Waals surface area contributed by atoms with Crippen molar-refractivity contribution in [2.24, 2.45) is 0 Å². The van der Waals surface area contributed by atoms with E-state index in [1.165, 1.54) is 45.5 Å². The maximum atomic E-state index is 15.1. The standard InChI is InChI=1S/C28H33F4N7O5S/c1-38-9-8-17(15-38)35-26(40)19-11-24(44-4)22(12-21(19)29)36-27-34-14-20(28(30,31)32)25(37-27)33-13-16-6-7-18(43-3)10-23(16)39(2)45(5,41)42/h6-7,10-12,14,17H,8-9,13,15H2,1-5H3,(H,35,40)(H2,33,34,36,37)/t17-/m1/s1. The van der Waals surface area contributed by atoms with Gasteiger partial charge in [-0.25, -0.2) is 17.8 Å². The van der Waals surface area contributed by atoms with Gasteiger partial charge >= 0.3 is 6.18 Å². The van der Waals surface area contributed by atoms with Gasteiger partial charge in [-0.1, -0.05) is 6.07 Å². The number of hydrogen-bond acceptors (Lipinski definition) is 10. The topological polar surface area (TPSA) is 138 Å². The summed E-state index contributed by atoms with van der Waals surface area (Å²) < 4.78 is 92.7. The molecule has 0 unspecified atom stereocenters. The van der Waals surface area contributed by atoms with Crippen molar-refractivity contribution in [3.8, 4) is 11.5 Å². The first-order valence-electron chi connectivity index (χ1n) is 13.5. The van der Waals surface area contributed by atoms with E-state index in [2.05, 4.69) is 25.9 Å². The van der Waals surface area contributed by atoms with E-state index in [1.54, 1.807) is 0 Å². The molecule has 244 valence electrons. The second-order valence-corrected chi connectivity index (χ2v) is 12.4. The molecule has 4 rings (SSSR count). The molecule has 1 saturated heterocycles. The zero-order valence-electron chi connectivity index (χ0n) is 25.1. The van der Waals surface area contributed by atoms with Crippen molar-refractivity contribution in [3.63, 3.8) is 0 Å². The lowest BCUT2D eigenvalue weighted by Gasteiger charge is -2.22. The van der Waals surface area contributed by atoms with Crippen molar-refractivity contribution in [2.75, 3.05) is 62.6 Å². The SMILES string of the molecule is COc1ccc(CNc2nc(Nc3cc(F)c(C(=O)N[C@@H]4CCN(C)C4)cc3OC)ncc2C(F)(F)F)c(N(C)S(C)(=O)=O)c1. The number of alkyl halides is 3. The second-order valence-electron chi connectivity index (χ2n) is 10.4. The van der Waals surface area contributed by atoms with E-state index < -0.39 is 39.3 Å². The van der Waals surface area contributed by atoms with Crippen molar-refractivity contribution >= 4 is 39.1 Å². The van der Waals surface area contributed by atoms with Gasteiger partial charge in [0.15, 0.2) is 0 Å². The molecule has 0 spiro atoms. The van der Waals surface area contributed by atoms with Gasteiger partial charge in [0.25, 0.3) is 5.91 Å². The number of likely N-dealkylation sites (N-methyl/N-ethyl adjacent to an activating group) is 1. The normalized spacial score (nSPS) is 15.4. The number of nitrogens with one attached hydrogen (secondary N) is 3. The van der Waals surface area contributed by atoms with E-state index in [-0.39, 0.29) is 41.2 Å². The van der Waals surface area contributed by atoms with Crippen LogP contribution in [0.15, 0.2) is 36.5 Å². The maximum absolute atomic E-state index is 15.1. The summed E-state index contributed by atoms with van der Waals surface area (Å²) in [5.41, 5.74) is -0.995. The maximum Gasteiger partial charge on any atom is 0.421 e. The quantitative estimate of drug-likeness (QED) is 0.261. The van der Waals surface area contributed by atoms with Gasteiger partial charge in [0.2, 0.25) is 16.0 Å². The number of anilines is 4. The van der Waals surface area contributed by atoms with Gasteiger partial charge in [0.1, 0.15) is 28.7 Å². The van der Waals surface area contributed by atoms with Crippen LogP contribution in [0.3, 0.4) is 0 Å². The van der Waals surface area contributed by atoms with Crippen LogP contribution in [-0.2, 0) is 22.7 Å². The highest BCUT2D eigenvalue weighted by Crippen LogP contribution is 2.36. The average Bonchev–Trinajstić information content (AvgIpc) is 3.38. The van der Waals surface area contributed by atoms with Crippen LogP contribution in [0.2, 0.25) is 0 Å². The Hall–Kier alpha value is -4.38. The largest absolute Gasteiger partial charge is 0.497 e. The van der Waals surface area contributed by atoms with Gasteiger partial charge in [-0.3, -0.25) is 9.10 Å². The summed E-state index contributed by atoms with van der Waals surface area (Å²) in [6.07, 6.45) is -2.59. The Balaban J connectivity index is 1.62. The molecule has 1 fully saturated rings. The highest BCUT2D eigenvalue weighted by molar-refractivity contribution is 7.92. The van der Waals surface area contributed by atoms with Gasteiger partial charge < -0.3 is 30.3 Å². The number of hydrogen-bond donors (Lipinski definition) is 3. The smallest absolute Gasteiger partial charge is 0.421 e. The molecular formula is C28H33F4N7O5S.